The molecule has 18 heavy (non-hydrogen) atoms. The summed E-state index contributed by atoms with van der Waals surface area (Å²) in [6, 6.07) is 7.33. The van der Waals surface area contributed by atoms with Crippen LogP contribution in [0.1, 0.15) is 15.9 Å². The molecule has 0 aliphatic heterocycles. The molecule has 0 saturated heterocycles. The van der Waals surface area contributed by atoms with Crippen LogP contribution in [0.25, 0.3) is 22.2 Å². The number of aromatic nitrogens is 3. The van der Waals surface area contributed by atoms with Crippen molar-refractivity contribution in [3.05, 3.63) is 51.9 Å². The second-order valence-electron chi connectivity index (χ2n) is 4.24. The van der Waals surface area contributed by atoms with E-state index in [0.29, 0.717) is 27.7 Å². The number of nitrogens with one attached hydrogen (secondary N) is 2. The Kier molecular flexibility index (Phi) is 1.53. The first-order chi connectivity index (χ1) is 8.77. The van der Waals surface area contributed by atoms with Gasteiger partial charge >= 0.3 is 0 Å². The van der Waals surface area contributed by atoms with E-state index in [0.717, 1.165) is 5.56 Å². The minimum absolute atomic E-state index is 0.108. The van der Waals surface area contributed by atoms with Gasteiger partial charge in [0.05, 0.1) is 28.4 Å². The summed E-state index contributed by atoms with van der Waals surface area (Å²) >= 11 is 0. The first-order valence-corrected chi connectivity index (χ1v) is 5.51. The van der Waals surface area contributed by atoms with Crippen molar-refractivity contribution < 1.29 is 4.79 Å². The summed E-state index contributed by atoms with van der Waals surface area (Å²) in [6.45, 7) is 0. The number of carbonyl (C=O) groups excluding carboxylic acids is 1. The molecule has 5 heteroatoms. The molecule has 0 radical (unpaired) electrons. The highest BCUT2D eigenvalue weighted by molar-refractivity contribution is 6.27. The fraction of sp³-hybridized carbons (Fsp3) is 0. The van der Waals surface area contributed by atoms with Crippen molar-refractivity contribution in [2.45, 2.75) is 0 Å². The monoisotopic (exact) mass is 237 g/mol. The zero-order valence-corrected chi connectivity index (χ0v) is 9.15. The van der Waals surface area contributed by atoms with Crippen LogP contribution in [0.3, 0.4) is 0 Å². The number of benzene rings is 1. The van der Waals surface area contributed by atoms with E-state index < -0.39 is 0 Å². The van der Waals surface area contributed by atoms with Crippen LogP contribution in [-0.2, 0) is 0 Å². The first kappa shape index (κ1) is 9.35. The molecule has 2 N–H and O–H groups in total. The molecule has 3 aromatic rings. The molecule has 0 unspecified atom stereocenters. The number of hydrogen-bond acceptors (Lipinski definition) is 3. The largest absolute Gasteiger partial charge is 0.352 e. The molecule has 1 aliphatic carbocycles. The number of ketones is 1. The Balaban J connectivity index is 2.24. The quantitative estimate of drug-likeness (QED) is 0.486. The van der Waals surface area contributed by atoms with Crippen LogP contribution >= 0.6 is 0 Å². The van der Waals surface area contributed by atoms with Crippen molar-refractivity contribution in [3.8, 4) is 11.3 Å². The van der Waals surface area contributed by atoms with Gasteiger partial charge in [0.15, 0.2) is 5.78 Å². The van der Waals surface area contributed by atoms with Crippen molar-refractivity contribution in [2.75, 3.05) is 0 Å². The van der Waals surface area contributed by atoms with Crippen LogP contribution in [-0.4, -0.2) is 21.0 Å². The molecule has 0 spiro atoms. The van der Waals surface area contributed by atoms with Gasteiger partial charge in [0, 0.05) is 11.1 Å². The third kappa shape index (κ3) is 0.940. The molecule has 1 aliphatic rings. The smallest absolute Gasteiger partial charge is 0.274 e. The highest BCUT2D eigenvalue weighted by atomic mass is 16.1. The van der Waals surface area contributed by atoms with Gasteiger partial charge in [0.1, 0.15) is 0 Å². The van der Waals surface area contributed by atoms with Crippen LogP contribution in [0.15, 0.2) is 35.3 Å². The summed E-state index contributed by atoms with van der Waals surface area (Å²) in [5.74, 6) is -0.108. The van der Waals surface area contributed by atoms with Gasteiger partial charge in [0.2, 0.25) is 0 Å². The average molecular weight is 237 g/mol. The van der Waals surface area contributed by atoms with E-state index in [2.05, 4.69) is 15.2 Å². The van der Waals surface area contributed by atoms with Gasteiger partial charge < -0.3 is 4.98 Å². The van der Waals surface area contributed by atoms with E-state index in [9.17, 15) is 9.59 Å². The normalized spacial score (nSPS) is 12.8. The van der Waals surface area contributed by atoms with Crippen molar-refractivity contribution in [2.24, 2.45) is 0 Å². The van der Waals surface area contributed by atoms with Gasteiger partial charge in [-0.05, 0) is 0 Å². The Hall–Kier alpha value is -2.69. The van der Waals surface area contributed by atoms with Crippen LogP contribution in [0.2, 0.25) is 0 Å². The molecular weight excluding hydrogens is 230 g/mol. The molecule has 2 aromatic heterocycles. The summed E-state index contributed by atoms with van der Waals surface area (Å²) in [4.78, 5) is 27.2. The van der Waals surface area contributed by atoms with Crippen molar-refractivity contribution >= 4 is 16.7 Å². The topological polar surface area (TPSA) is 78.6 Å². The Bertz CT molecular complexity index is 873. The van der Waals surface area contributed by atoms with Gasteiger partial charge in [-0.25, -0.2) is 5.10 Å². The lowest BCUT2D eigenvalue weighted by molar-refractivity contribution is 0.104. The molecular formula is C13H7N3O2. The van der Waals surface area contributed by atoms with Crippen LogP contribution < -0.4 is 5.56 Å². The summed E-state index contributed by atoms with van der Waals surface area (Å²) < 4.78 is 0. The third-order valence-electron chi connectivity index (χ3n) is 3.28. The number of rotatable bonds is 0. The first-order valence-electron chi connectivity index (χ1n) is 5.51. The highest BCUT2D eigenvalue weighted by Crippen LogP contribution is 2.38. The molecule has 5 nitrogen and oxygen atoms in total. The maximum absolute atomic E-state index is 12.3. The van der Waals surface area contributed by atoms with E-state index in [1.54, 1.807) is 6.07 Å². The molecule has 0 amide bonds. The fourth-order valence-corrected chi connectivity index (χ4v) is 2.53. The van der Waals surface area contributed by atoms with E-state index in [-0.39, 0.29) is 11.3 Å². The van der Waals surface area contributed by atoms with E-state index in [4.69, 9.17) is 0 Å². The van der Waals surface area contributed by atoms with Crippen LogP contribution in [0, 0.1) is 0 Å². The Labute approximate surface area is 100 Å². The number of fused-ring (bicyclic) bond motifs is 5. The summed E-state index contributed by atoms with van der Waals surface area (Å²) in [7, 11) is 0. The molecule has 0 fully saturated rings. The predicted molar refractivity (Wildman–Crippen MR) is 65.6 cm³/mol. The van der Waals surface area contributed by atoms with Crippen LogP contribution in [0.4, 0.5) is 0 Å². The predicted octanol–water partition coefficient (Wildman–Crippen LogP) is 1.46. The van der Waals surface area contributed by atoms with E-state index in [1.807, 2.05) is 18.2 Å². The summed E-state index contributed by atoms with van der Waals surface area (Å²) in [5, 5.41) is 6.48. The third-order valence-corrected chi connectivity index (χ3v) is 3.28. The van der Waals surface area contributed by atoms with Crippen LogP contribution in [0.5, 0.6) is 0 Å². The number of hydrogen-bond donors (Lipinski definition) is 2. The molecule has 0 bridgehead atoms. The lowest BCUT2D eigenvalue weighted by atomic mass is 10.1. The minimum atomic E-state index is -0.342. The fourth-order valence-electron chi connectivity index (χ4n) is 2.53. The minimum Gasteiger partial charge on any atom is -0.352 e. The Morgan fingerprint density at radius 2 is 1.83 bits per heavy atom. The number of aromatic amines is 2. The summed E-state index contributed by atoms with van der Waals surface area (Å²) in [6.07, 6.45) is 1.52. The lowest BCUT2D eigenvalue weighted by Gasteiger charge is -1.96. The summed E-state index contributed by atoms with van der Waals surface area (Å²) in [5.41, 5.74) is 2.89. The number of nitrogens with zero attached hydrogens (tertiary/aromatic N) is 1. The van der Waals surface area contributed by atoms with Crippen molar-refractivity contribution in [1.29, 1.82) is 0 Å². The molecule has 0 saturated carbocycles. The number of carbonyl (C=O) groups is 1. The Morgan fingerprint density at radius 3 is 2.67 bits per heavy atom. The average Bonchev–Trinajstić information content (AvgIpc) is 2.89. The van der Waals surface area contributed by atoms with E-state index in [1.165, 1.54) is 6.20 Å². The number of H-pyrrole nitrogens is 2. The lowest BCUT2D eigenvalue weighted by Crippen LogP contribution is -2.09. The van der Waals surface area contributed by atoms with Gasteiger partial charge in [-0.3, -0.25) is 9.59 Å². The maximum atomic E-state index is 12.3. The zero-order chi connectivity index (χ0) is 12.3. The van der Waals surface area contributed by atoms with Gasteiger partial charge in [-0.15, -0.1) is 0 Å². The van der Waals surface area contributed by atoms with Crippen molar-refractivity contribution in [3.63, 3.8) is 0 Å². The second kappa shape index (κ2) is 2.95. The molecule has 4 rings (SSSR count). The van der Waals surface area contributed by atoms with Gasteiger partial charge in [0.25, 0.3) is 5.56 Å². The van der Waals surface area contributed by atoms with Crippen molar-refractivity contribution in [1.82, 2.24) is 15.2 Å². The molecule has 86 valence electrons. The Morgan fingerprint density at radius 1 is 1.06 bits per heavy atom. The van der Waals surface area contributed by atoms with Gasteiger partial charge in [-0.1, -0.05) is 24.3 Å². The zero-order valence-electron chi connectivity index (χ0n) is 9.15. The van der Waals surface area contributed by atoms with Gasteiger partial charge in [-0.2, -0.15) is 5.10 Å². The molecule has 0 atom stereocenters. The highest BCUT2D eigenvalue weighted by Gasteiger charge is 2.31. The van der Waals surface area contributed by atoms with E-state index >= 15 is 0 Å². The molecule has 1 aromatic carbocycles. The molecule has 2 heterocycles. The maximum Gasteiger partial charge on any atom is 0.274 e. The standard InChI is InChI=1S/C13H7N3O2/c17-12-7-4-2-1-3-6(7)11-10(12)9-8(15-11)5-14-16-13(9)18/h1-5,15H,(H,16,18). The SMILES string of the molecule is O=C1c2ccccc2-c2[nH]c3cn[nH]c(=O)c3c21. The second-order valence-corrected chi connectivity index (χ2v) is 4.24.